The van der Waals surface area contributed by atoms with Crippen molar-refractivity contribution in [2.75, 3.05) is 6.61 Å². The summed E-state index contributed by atoms with van der Waals surface area (Å²) < 4.78 is 28.7. The van der Waals surface area contributed by atoms with E-state index in [9.17, 15) is 13.6 Å². The highest BCUT2D eigenvalue weighted by Gasteiger charge is 2.39. The molecular formula is C6H5ClF2O2. The molecule has 1 aliphatic heterocycles. The molecular weight excluding hydrogens is 178 g/mol. The number of hydrogen-bond acceptors (Lipinski definition) is 2. The molecule has 1 heterocycles. The highest BCUT2D eigenvalue weighted by molar-refractivity contribution is 6.34. The van der Waals surface area contributed by atoms with Crippen LogP contribution >= 0.6 is 11.6 Å². The summed E-state index contributed by atoms with van der Waals surface area (Å²) >= 11 is 4.46. The fraction of sp³-hybridized carbons (Fsp3) is 0.500. The first-order valence-corrected chi connectivity index (χ1v) is 3.34. The van der Waals surface area contributed by atoms with Crippen molar-refractivity contribution in [1.82, 2.24) is 0 Å². The highest BCUT2D eigenvalue weighted by Crippen LogP contribution is 2.26. The predicted molar refractivity (Wildman–Crippen MR) is 34.5 cm³/mol. The lowest BCUT2D eigenvalue weighted by atomic mass is 10.3. The van der Waals surface area contributed by atoms with Gasteiger partial charge in [0, 0.05) is 6.42 Å². The fourth-order valence-corrected chi connectivity index (χ4v) is 0.809. The van der Waals surface area contributed by atoms with Crippen LogP contribution in [-0.4, -0.2) is 17.8 Å². The summed E-state index contributed by atoms with van der Waals surface area (Å²) in [4.78, 5) is 10.6. The minimum absolute atomic E-state index is 0.272. The van der Waals surface area contributed by atoms with Crippen molar-refractivity contribution in [2.45, 2.75) is 11.8 Å². The van der Waals surface area contributed by atoms with E-state index in [1.807, 2.05) is 0 Å². The van der Waals surface area contributed by atoms with Gasteiger partial charge in [0.25, 0.3) is 5.78 Å². The molecule has 1 aliphatic rings. The molecule has 2 nitrogen and oxygen atoms in total. The van der Waals surface area contributed by atoms with Gasteiger partial charge in [-0.2, -0.15) is 8.78 Å². The van der Waals surface area contributed by atoms with E-state index >= 15 is 0 Å². The number of halogens is 3. The van der Waals surface area contributed by atoms with Crippen molar-refractivity contribution in [1.29, 1.82) is 0 Å². The van der Waals surface area contributed by atoms with E-state index in [1.165, 1.54) is 6.08 Å². The molecule has 0 radical (unpaired) electrons. The molecule has 1 rings (SSSR count). The lowest BCUT2D eigenvalue weighted by Crippen LogP contribution is -2.23. The summed E-state index contributed by atoms with van der Waals surface area (Å²) in [5.41, 5.74) is 0. The van der Waals surface area contributed by atoms with E-state index in [2.05, 4.69) is 16.3 Å². The van der Waals surface area contributed by atoms with Crippen LogP contribution in [0.2, 0.25) is 0 Å². The van der Waals surface area contributed by atoms with E-state index < -0.39 is 11.2 Å². The van der Waals surface area contributed by atoms with Crippen molar-refractivity contribution in [2.24, 2.45) is 0 Å². The Hall–Kier alpha value is -0.640. The number of ether oxygens (including phenoxy) is 1. The zero-order chi connectivity index (χ0) is 8.48. The number of ketones is 1. The van der Waals surface area contributed by atoms with Crippen LogP contribution in [0.15, 0.2) is 11.8 Å². The Morgan fingerprint density at radius 1 is 1.73 bits per heavy atom. The van der Waals surface area contributed by atoms with Gasteiger partial charge < -0.3 is 4.74 Å². The van der Waals surface area contributed by atoms with E-state index in [4.69, 9.17) is 0 Å². The maximum absolute atomic E-state index is 12.1. The van der Waals surface area contributed by atoms with Crippen molar-refractivity contribution in [3.63, 3.8) is 0 Å². The standard InChI is InChI=1S/C6H5ClF2O2/c7-6(8,9)5(10)4-2-1-3-11-4/h2H,1,3H2. The van der Waals surface area contributed by atoms with Crippen LogP contribution in [-0.2, 0) is 9.53 Å². The van der Waals surface area contributed by atoms with Crippen molar-refractivity contribution in [3.8, 4) is 0 Å². The van der Waals surface area contributed by atoms with Gasteiger partial charge in [0.2, 0.25) is 0 Å². The van der Waals surface area contributed by atoms with Crippen LogP contribution in [0, 0.1) is 0 Å². The molecule has 0 saturated carbocycles. The third-order valence-electron chi connectivity index (χ3n) is 1.19. The molecule has 0 amide bonds. The van der Waals surface area contributed by atoms with Gasteiger partial charge >= 0.3 is 5.38 Å². The quantitative estimate of drug-likeness (QED) is 0.608. The highest BCUT2D eigenvalue weighted by atomic mass is 35.5. The molecule has 0 fully saturated rings. The maximum Gasteiger partial charge on any atom is 0.388 e. The molecule has 11 heavy (non-hydrogen) atoms. The Bertz CT molecular complexity index is 207. The summed E-state index contributed by atoms with van der Waals surface area (Å²) in [6, 6.07) is 0. The lowest BCUT2D eigenvalue weighted by molar-refractivity contribution is -0.132. The lowest BCUT2D eigenvalue weighted by Gasteiger charge is -2.06. The molecule has 5 heteroatoms. The molecule has 0 N–H and O–H groups in total. The van der Waals surface area contributed by atoms with E-state index in [-0.39, 0.29) is 12.4 Å². The molecule has 0 atom stereocenters. The van der Waals surface area contributed by atoms with E-state index in [1.54, 1.807) is 0 Å². The summed E-state index contributed by atoms with van der Waals surface area (Å²) in [6.45, 7) is 0.272. The third kappa shape index (κ3) is 1.89. The zero-order valence-corrected chi connectivity index (χ0v) is 6.20. The SMILES string of the molecule is O=C(C1=CCCO1)C(F)(F)Cl. The topological polar surface area (TPSA) is 26.3 Å². The van der Waals surface area contributed by atoms with E-state index in [0.29, 0.717) is 6.42 Å². The molecule has 0 aromatic rings. The van der Waals surface area contributed by atoms with Crippen LogP contribution in [0.1, 0.15) is 6.42 Å². The Morgan fingerprint density at radius 2 is 2.36 bits per heavy atom. The van der Waals surface area contributed by atoms with Gasteiger partial charge in [0.1, 0.15) is 0 Å². The van der Waals surface area contributed by atoms with Gasteiger partial charge in [0.15, 0.2) is 5.76 Å². The van der Waals surface area contributed by atoms with Crippen LogP contribution in [0.25, 0.3) is 0 Å². The number of hydrogen-bond donors (Lipinski definition) is 0. The minimum Gasteiger partial charge on any atom is -0.490 e. The Labute approximate surface area is 66.8 Å². The van der Waals surface area contributed by atoms with E-state index in [0.717, 1.165) is 0 Å². The Kier molecular flexibility index (Phi) is 2.13. The van der Waals surface area contributed by atoms with Crippen LogP contribution in [0.5, 0.6) is 0 Å². The Balaban J connectivity index is 2.68. The van der Waals surface area contributed by atoms with Crippen molar-refractivity contribution >= 4 is 17.4 Å². The molecule has 0 saturated heterocycles. The van der Waals surface area contributed by atoms with Crippen LogP contribution < -0.4 is 0 Å². The van der Waals surface area contributed by atoms with Crippen LogP contribution in [0.4, 0.5) is 8.78 Å². The molecule has 0 spiro atoms. The number of carbonyl (C=O) groups excluding carboxylic acids is 1. The number of carbonyl (C=O) groups is 1. The van der Waals surface area contributed by atoms with Gasteiger partial charge in [-0.15, -0.1) is 0 Å². The second-order valence-corrected chi connectivity index (χ2v) is 2.51. The van der Waals surface area contributed by atoms with Gasteiger partial charge in [-0.1, -0.05) is 0 Å². The minimum atomic E-state index is -3.84. The predicted octanol–water partition coefficient (Wildman–Crippen LogP) is 1.69. The number of rotatable bonds is 2. The van der Waals surface area contributed by atoms with Crippen molar-refractivity contribution in [3.05, 3.63) is 11.8 Å². The van der Waals surface area contributed by atoms with Crippen LogP contribution in [0.3, 0.4) is 0 Å². The monoisotopic (exact) mass is 182 g/mol. The second kappa shape index (κ2) is 2.77. The summed E-state index contributed by atoms with van der Waals surface area (Å²) in [5, 5.41) is -3.84. The number of allylic oxidation sites excluding steroid dienone is 1. The summed E-state index contributed by atoms with van der Waals surface area (Å²) in [7, 11) is 0. The smallest absolute Gasteiger partial charge is 0.388 e. The van der Waals surface area contributed by atoms with Gasteiger partial charge in [-0.3, -0.25) is 4.79 Å². The molecule has 0 bridgehead atoms. The number of Topliss-reactive ketones (excluding diaryl/α,β-unsaturated/α-hetero) is 1. The van der Waals surface area contributed by atoms with Gasteiger partial charge in [-0.05, 0) is 17.7 Å². The molecule has 0 unspecified atom stereocenters. The number of alkyl halides is 3. The Morgan fingerprint density at radius 3 is 2.73 bits per heavy atom. The normalized spacial score (nSPS) is 17.5. The average molecular weight is 183 g/mol. The second-order valence-electron chi connectivity index (χ2n) is 2.03. The summed E-state index contributed by atoms with van der Waals surface area (Å²) in [5.74, 6) is -1.79. The maximum atomic E-state index is 12.1. The largest absolute Gasteiger partial charge is 0.490 e. The summed E-state index contributed by atoms with van der Waals surface area (Å²) in [6.07, 6.45) is 1.78. The molecule has 62 valence electrons. The third-order valence-corrected chi connectivity index (χ3v) is 1.36. The first-order valence-electron chi connectivity index (χ1n) is 2.96. The first-order chi connectivity index (χ1) is 5.02. The molecule has 0 aromatic carbocycles. The molecule has 0 aromatic heterocycles. The van der Waals surface area contributed by atoms with Crippen molar-refractivity contribution < 1.29 is 18.3 Å². The molecule has 0 aliphatic carbocycles. The fourth-order valence-electron chi connectivity index (χ4n) is 0.716. The zero-order valence-electron chi connectivity index (χ0n) is 5.44. The first kappa shape index (κ1) is 8.46. The van der Waals surface area contributed by atoms with Gasteiger partial charge in [0.05, 0.1) is 6.61 Å². The van der Waals surface area contributed by atoms with Gasteiger partial charge in [-0.25, -0.2) is 0 Å². The average Bonchev–Trinajstić information content (AvgIpc) is 2.34.